The zero-order valence-electron chi connectivity index (χ0n) is 10.0. The molecule has 18 heavy (non-hydrogen) atoms. The minimum absolute atomic E-state index is 0.583. The van der Waals surface area contributed by atoms with Gasteiger partial charge in [-0.3, -0.25) is 4.98 Å². The van der Waals surface area contributed by atoms with E-state index in [9.17, 15) is 5.11 Å². The third-order valence-electron chi connectivity index (χ3n) is 2.55. The number of aliphatic hydroxyl groups is 1. The lowest BCUT2D eigenvalue weighted by atomic mass is 10.0. The minimum Gasteiger partial charge on any atom is -0.492 e. The van der Waals surface area contributed by atoms with E-state index in [1.807, 2.05) is 37.3 Å². The fourth-order valence-corrected chi connectivity index (χ4v) is 1.93. The van der Waals surface area contributed by atoms with E-state index >= 15 is 0 Å². The van der Waals surface area contributed by atoms with Crippen molar-refractivity contribution in [2.24, 2.45) is 0 Å². The Labute approximate surface area is 115 Å². The zero-order valence-corrected chi connectivity index (χ0v) is 11.6. The molecule has 0 bridgehead atoms. The van der Waals surface area contributed by atoms with Crippen molar-refractivity contribution in [2.75, 3.05) is 6.61 Å². The number of hydrogen-bond acceptors (Lipinski definition) is 3. The predicted molar refractivity (Wildman–Crippen MR) is 73.6 cm³/mol. The molecule has 1 N–H and O–H groups in total. The largest absolute Gasteiger partial charge is 0.492 e. The molecule has 0 aliphatic carbocycles. The van der Waals surface area contributed by atoms with Gasteiger partial charge in [-0.05, 0) is 30.7 Å². The van der Waals surface area contributed by atoms with E-state index in [2.05, 4.69) is 20.9 Å². The lowest BCUT2D eigenvalue weighted by molar-refractivity contribution is 0.219. The maximum atomic E-state index is 10.3. The summed E-state index contributed by atoms with van der Waals surface area (Å²) < 4.78 is 6.36. The monoisotopic (exact) mass is 307 g/mol. The molecule has 0 saturated heterocycles. The zero-order chi connectivity index (χ0) is 13.0. The first-order chi connectivity index (χ1) is 8.70. The molecule has 0 aliphatic heterocycles. The van der Waals surface area contributed by atoms with Crippen LogP contribution in [0.15, 0.2) is 47.2 Å². The van der Waals surface area contributed by atoms with Crippen molar-refractivity contribution in [3.8, 4) is 5.75 Å². The van der Waals surface area contributed by atoms with E-state index in [1.165, 1.54) is 0 Å². The number of benzene rings is 1. The van der Waals surface area contributed by atoms with Crippen LogP contribution >= 0.6 is 15.9 Å². The second-order valence-electron chi connectivity index (χ2n) is 3.84. The Bertz CT molecular complexity index is 513. The molecular formula is C14H14BrNO2. The van der Waals surface area contributed by atoms with Crippen molar-refractivity contribution >= 4 is 15.9 Å². The molecule has 4 heteroatoms. The van der Waals surface area contributed by atoms with Crippen molar-refractivity contribution in [1.82, 2.24) is 4.98 Å². The molecule has 1 aromatic heterocycles. The quantitative estimate of drug-likeness (QED) is 0.942. The summed E-state index contributed by atoms with van der Waals surface area (Å²) in [7, 11) is 0. The van der Waals surface area contributed by atoms with Crippen LogP contribution in [-0.2, 0) is 0 Å². The van der Waals surface area contributed by atoms with E-state index in [0.29, 0.717) is 12.4 Å². The molecule has 0 aliphatic rings. The highest BCUT2D eigenvalue weighted by atomic mass is 79.9. The van der Waals surface area contributed by atoms with E-state index in [4.69, 9.17) is 4.74 Å². The molecule has 0 radical (unpaired) electrons. The van der Waals surface area contributed by atoms with Gasteiger partial charge in [-0.15, -0.1) is 0 Å². The molecule has 0 amide bonds. The first-order valence-electron chi connectivity index (χ1n) is 5.72. The van der Waals surface area contributed by atoms with Gasteiger partial charge in [0.05, 0.1) is 12.8 Å². The number of aliphatic hydroxyl groups excluding tert-OH is 1. The average molecular weight is 308 g/mol. The molecule has 0 fully saturated rings. The summed E-state index contributed by atoms with van der Waals surface area (Å²) in [6.07, 6.45) is 2.60. The Morgan fingerprint density at radius 1 is 1.22 bits per heavy atom. The normalized spacial score (nSPS) is 12.2. The van der Waals surface area contributed by atoms with Crippen LogP contribution in [0.4, 0.5) is 0 Å². The third kappa shape index (κ3) is 3.09. The molecule has 2 aromatic rings. The van der Waals surface area contributed by atoms with Gasteiger partial charge in [0, 0.05) is 16.2 Å². The molecule has 0 saturated carbocycles. The molecule has 1 aromatic carbocycles. The minimum atomic E-state index is -0.689. The third-order valence-corrected chi connectivity index (χ3v) is 3.08. The van der Waals surface area contributed by atoms with Gasteiger partial charge in [0.1, 0.15) is 11.9 Å². The van der Waals surface area contributed by atoms with Gasteiger partial charge in [-0.25, -0.2) is 0 Å². The Balaban J connectivity index is 2.24. The Hall–Kier alpha value is -1.39. The molecule has 0 spiro atoms. The predicted octanol–water partition coefficient (Wildman–Crippen LogP) is 3.32. The highest BCUT2D eigenvalue weighted by Crippen LogP contribution is 2.25. The molecular weight excluding hydrogens is 294 g/mol. The second-order valence-corrected chi connectivity index (χ2v) is 4.76. The average Bonchev–Trinajstić information content (AvgIpc) is 2.39. The number of rotatable bonds is 4. The van der Waals surface area contributed by atoms with Gasteiger partial charge >= 0.3 is 0 Å². The smallest absolute Gasteiger partial charge is 0.137 e. The first kappa shape index (κ1) is 13.1. The van der Waals surface area contributed by atoms with Crippen LogP contribution in [0.2, 0.25) is 0 Å². The van der Waals surface area contributed by atoms with Crippen LogP contribution in [0.3, 0.4) is 0 Å². The van der Waals surface area contributed by atoms with E-state index in [1.54, 1.807) is 12.4 Å². The van der Waals surface area contributed by atoms with Gasteiger partial charge in [0.25, 0.3) is 0 Å². The first-order valence-corrected chi connectivity index (χ1v) is 6.51. The summed E-state index contributed by atoms with van der Waals surface area (Å²) >= 11 is 3.37. The van der Waals surface area contributed by atoms with Crippen LogP contribution in [0.5, 0.6) is 5.75 Å². The van der Waals surface area contributed by atoms with Gasteiger partial charge in [0.15, 0.2) is 0 Å². The lowest BCUT2D eigenvalue weighted by Gasteiger charge is -2.12. The molecule has 1 unspecified atom stereocenters. The molecule has 94 valence electrons. The van der Waals surface area contributed by atoms with E-state index in [0.717, 1.165) is 15.6 Å². The molecule has 1 atom stereocenters. The number of halogens is 1. The maximum absolute atomic E-state index is 10.3. The Morgan fingerprint density at radius 2 is 1.94 bits per heavy atom. The fourth-order valence-electron chi connectivity index (χ4n) is 1.67. The van der Waals surface area contributed by atoms with Crippen molar-refractivity contribution < 1.29 is 9.84 Å². The number of aromatic nitrogens is 1. The van der Waals surface area contributed by atoms with Crippen molar-refractivity contribution in [3.63, 3.8) is 0 Å². The highest BCUT2D eigenvalue weighted by molar-refractivity contribution is 9.10. The topological polar surface area (TPSA) is 42.4 Å². The summed E-state index contributed by atoms with van der Waals surface area (Å²) in [4.78, 5) is 4.07. The Morgan fingerprint density at radius 3 is 2.61 bits per heavy atom. The number of nitrogens with zero attached hydrogens (tertiary/aromatic N) is 1. The van der Waals surface area contributed by atoms with Gasteiger partial charge in [-0.2, -0.15) is 0 Å². The molecule has 3 nitrogen and oxygen atoms in total. The molecule has 2 rings (SSSR count). The van der Waals surface area contributed by atoms with Gasteiger partial charge in [-0.1, -0.05) is 28.1 Å². The summed E-state index contributed by atoms with van der Waals surface area (Å²) in [5, 5.41) is 10.3. The van der Waals surface area contributed by atoms with Crippen LogP contribution < -0.4 is 4.74 Å². The number of hydrogen-bond donors (Lipinski definition) is 1. The van der Waals surface area contributed by atoms with Crippen LogP contribution in [-0.4, -0.2) is 16.7 Å². The number of ether oxygens (including phenoxy) is 1. The maximum Gasteiger partial charge on any atom is 0.137 e. The summed E-state index contributed by atoms with van der Waals surface area (Å²) in [5.74, 6) is 0.672. The van der Waals surface area contributed by atoms with E-state index in [-0.39, 0.29) is 0 Å². The number of pyridine rings is 1. The SMILES string of the molecule is CCOc1cncc(C(O)c2ccc(Br)cc2)c1. The van der Waals surface area contributed by atoms with Crippen LogP contribution in [0.25, 0.3) is 0 Å². The molecule has 1 heterocycles. The second kappa shape index (κ2) is 5.98. The standard InChI is InChI=1S/C14H14BrNO2/c1-2-18-13-7-11(8-16-9-13)14(17)10-3-5-12(15)6-4-10/h3-9,14,17H,2H2,1H3. The van der Waals surface area contributed by atoms with Crippen molar-refractivity contribution in [1.29, 1.82) is 0 Å². The van der Waals surface area contributed by atoms with Crippen LogP contribution in [0, 0.1) is 0 Å². The summed E-state index contributed by atoms with van der Waals surface area (Å²) in [6, 6.07) is 9.37. The highest BCUT2D eigenvalue weighted by Gasteiger charge is 2.11. The Kier molecular flexibility index (Phi) is 4.33. The van der Waals surface area contributed by atoms with Gasteiger partial charge in [0.2, 0.25) is 0 Å². The summed E-state index contributed by atoms with van der Waals surface area (Å²) in [5.41, 5.74) is 1.55. The fraction of sp³-hybridized carbons (Fsp3) is 0.214. The van der Waals surface area contributed by atoms with Gasteiger partial charge < -0.3 is 9.84 Å². The van der Waals surface area contributed by atoms with Crippen molar-refractivity contribution in [3.05, 3.63) is 58.3 Å². The van der Waals surface area contributed by atoms with Crippen molar-refractivity contribution in [2.45, 2.75) is 13.0 Å². The van der Waals surface area contributed by atoms with Crippen LogP contribution in [0.1, 0.15) is 24.2 Å². The summed E-state index contributed by atoms with van der Waals surface area (Å²) in [6.45, 7) is 2.50. The van der Waals surface area contributed by atoms with E-state index < -0.39 is 6.10 Å². The lowest BCUT2D eigenvalue weighted by Crippen LogP contribution is -2.01.